The number of benzene rings is 2. The van der Waals surface area contributed by atoms with Gasteiger partial charge in [0.05, 0.1) is 30.4 Å². The van der Waals surface area contributed by atoms with Crippen molar-refractivity contribution in [3.63, 3.8) is 0 Å². The molecule has 8 heteroatoms. The van der Waals surface area contributed by atoms with Crippen LogP contribution >= 0.6 is 11.6 Å². The van der Waals surface area contributed by atoms with Gasteiger partial charge in [-0.05, 0) is 30.3 Å². The van der Waals surface area contributed by atoms with E-state index in [-0.39, 0.29) is 18.0 Å². The van der Waals surface area contributed by atoms with Crippen LogP contribution in [-0.4, -0.2) is 28.7 Å². The largest absolute Gasteiger partial charge is 0.490 e. The molecule has 0 spiro atoms. The number of carbonyl (C=O) groups excluding carboxylic acids is 1. The first-order valence-electron chi connectivity index (χ1n) is 8.44. The molecule has 3 aromatic rings. The highest BCUT2D eigenvalue weighted by Crippen LogP contribution is 2.32. The molecule has 1 amide bonds. The fourth-order valence-corrected chi connectivity index (χ4v) is 3.01. The van der Waals surface area contributed by atoms with Crippen LogP contribution < -0.4 is 20.3 Å². The molecule has 0 aliphatic carbocycles. The van der Waals surface area contributed by atoms with E-state index in [0.29, 0.717) is 46.3 Å². The minimum Gasteiger partial charge on any atom is -0.490 e. The Balaban J connectivity index is 1.52. The Labute approximate surface area is 159 Å². The van der Waals surface area contributed by atoms with Crippen molar-refractivity contribution in [3.8, 4) is 11.5 Å². The van der Waals surface area contributed by atoms with Gasteiger partial charge in [0.25, 0.3) is 5.56 Å². The number of fused-ring (bicyclic) bond motifs is 2. The topological polar surface area (TPSA) is 82.5 Å². The second-order valence-corrected chi connectivity index (χ2v) is 6.54. The predicted octanol–water partition coefficient (Wildman–Crippen LogP) is 2.85. The van der Waals surface area contributed by atoms with Crippen LogP contribution in [0.25, 0.3) is 10.9 Å². The molecule has 4 rings (SSSR count). The summed E-state index contributed by atoms with van der Waals surface area (Å²) in [4.78, 5) is 29.1. The molecule has 1 aliphatic heterocycles. The highest BCUT2D eigenvalue weighted by molar-refractivity contribution is 6.31. The second kappa shape index (κ2) is 7.28. The summed E-state index contributed by atoms with van der Waals surface area (Å²) in [5.74, 6) is 0.896. The van der Waals surface area contributed by atoms with E-state index >= 15 is 0 Å². The standard InChI is InChI=1S/C19H16ClN3O4/c20-12-2-4-14-15(8-12)21-11-23(19(14)25)10-18(24)22-13-3-5-16-17(9-13)27-7-1-6-26-16/h2-5,8-9,11H,1,6-7,10H2,(H,22,24). The number of hydrogen-bond donors (Lipinski definition) is 1. The van der Waals surface area contributed by atoms with E-state index in [9.17, 15) is 9.59 Å². The van der Waals surface area contributed by atoms with Crippen molar-refractivity contribution in [3.05, 3.63) is 58.1 Å². The van der Waals surface area contributed by atoms with Crippen LogP contribution in [0.4, 0.5) is 5.69 Å². The van der Waals surface area contributed by atoms with Gasteiger partial charge in [-0.25, -0.2) is 4.98 Å². The zero-order valence-corrected chi connectivity index (χ0v) is 15.0. The van der Waals surface area contributed by atoms with Crippen LogP contribution in [0, 0.1) is 0 Å². The fraction of sp³-hybridized carbons (Fsp3) is 0.211. The van der Waals surface area contributed by atoms with E-state index in [1.54, 1.807) is 36.4 Å². The summed E-state index contributed by atoms with van der Waals surface area (Å²) in [5.41, 5.74) is 0.760. The molecule has 0 radical (unpaired) electrons. The summed E-state index contributed by atoms with van der Waals surface area (Å²) in [5, 5.41) is 3.67. The Kier molecular flexibility index (Phi) is 4.68. The van der Waals surface area contributed by atoms with Crippen LogP contribution in [0.15, 0.2) is 47.5 Å². The molecular formula is C19H16ClN3O4. The molecule has 1 aromatic heterocycles. The van der Waals surface area contributed by atoms with Gasteiger partial charge in [0.1, 0.15) is 6.54 Å². The third kappa shape index (κ3) is 3.73. The lowest BCUT2D eigenvalue weighted by Crippen LogP contribution is -2.27. The molecule has 27 heavy (non-hydrogen) atoms. The smallest absolute Gasteiger partial charge is 0.261 e. The van der Waals surface area contributed by atoms with Gasteiger partial charge in [0, 0.05) is 23.2 Å². The van der Waals surface area contributed by atoms with E-state index in [0.717, 1.165) is 6.42 Å². The first-order valence-corrected chi connectivity index (χ1v) is 8.82. The molecular weight excluding hydrogens is 370 g/mol. The highest BCUT2D eigenvalue weighted by Gasteiger charge is 2.13. The number of ether oxygens (including phenoxy) is 2. The van der Waals surface area contributed by atoms with E-state index in [4.69, 9.17) is 21.1 Å². The van der Waals surface area contributed by atoms with E-state index in [2.05, 4.69) is 10.3 Å². The maximum absolute atomic E-state index is 12.5. The van der Waals surface area contributed by atoms with Crippen molar-refractivity contribution in [1.29, 1.82) is 0 Å². The first kappa shape index (κ1) is 17.4. The number of nitrogens with one attached hydrogen (secondary N) is 1. The number of amides is 1. The van der Waals surface area contributed by atoms with Crippen molar-refractivity contribution < 1.29 is 14.3 Å². The van der Waals surface area contributed by atoms with Crippen molar-refractivity contribution in [2.75, 3.05) is 18.5 Å². The molecule has 7 nitrogen and oxygen atoms in total. The third-order valence-electron chi connectivity index (χ3n) is 4.13. The molecule has 1 N–H and O–H groups in total. The van der Waals surface area contributed by atoms with Crippen molar-refractivity contribution >= 4 is 34.1 Å². The van der Waals surface area contributed by atoms with Crippen LogP contribution in [0.3, 0.4) is 0 Å². The summed E-state index contributed by atoms with van der Waals surface area (Å²) in [6, 6.07) is 10.0. The summed E-state index contributed by atoms with van der Waals surface area (Å²) in [7, 11) is 0. The minimum atomic E-state index is -0.346. The Morgan fingerprint density at radius 2 is 1.96 bits per heavy atom. The van der Waals surface area contributed by atoms with Gasteiger partial charge in [-0.2, -0.15) is 0 Å². The Bertz CT molecular complexity index is 1080. The quantitative estimate of drug-likeness (QED) is 0.749. The highest BCUT2D eigenvalue weighted by atomic mass is 35.5. The van der Waals surface area contributed by atoms with E-state index in [1.165, 1.54) is 10.9 Å². The zero-order chi connectivity index (χ0) is 18.8. The van der Waals surface area contributed by atoms with Gasteiger partial charge in [0.15, 0.2) is 11.5 Å². The van der Waals surface area contributed by atoms with E-state index < -0.39 is 0 Å². The van der Waals surface area contributed by atoms with Gasteiger partial charge >= 0.3 is 0 Å². The maximum Gasteiger partial charge on any atom is 0.261 e. The monoisotopic (exact) mass is 385 g/mol. The fourth-order valence-electron chi connectivity index (χ4n) is 2.84. The molecule has 0 atom stereocenters. The second-order valence-electron chi connectivity index (χ2n) is 6.10. The van der Waals surface area contributed by atoms with Crippen molar-refractivity contribution in [1.82, 2.24) is 9.55 Å². The Morgan fingerprint density at radius 1 is 1.15 bits per heavy atom. The predicted molar refractivity (Wildman–Crippen MR) is 102 cm³/mol. The number of halogens is 1. The van der Waals surface area contributed by atoms with Crippen molar-refractivity contribution in [2.45, 2.75) is 13.0 Å². The number of anilines is 1. The normalized spacial score (nSPS) is 13.2. The molecule has 0 bridgehead atoms. The zero-order valence-electron chi connectivity index (χ0n) is 14.3. The third-order valence-corrected chi connectivity index (χ3v) is 4.37. The minimum absolute atomic E-state index is 0.154. The van der Waals surface area contributed by atoms with E-state index in [1.807, 2.05) is 0 Å². The molecule has 2 aromatic carbocycles. The average molecular weight is 386 g/mol. The van der Waals surface area contributed by atoms with Gasteiger partial charge in [-0.3, -0.25) is 14.2 Å². The first-order chi connectivity index (χ1) is 13.1. The molecule has 2 heterocycles. The van der Waals surface area contributed by atoms with Crippen LogP contribution in [-0.2, 0) is 11.3 Å². The molecule has 138 valence electrons. The Morgan fingerprint density at radius 3 is 2.81 bits per heavy atom. The van der Waals surface area contributed by atoms with Crippen LogP contribution in [0.5, 0.6) is 11.5 Å². The molecule has 1 aliphatic rings. The molecule has 0 saturated heterocycles. The SMILES string of the molecule is O=C(Cn1cnc2cc(Cl)ccc2c1=O)Nc1ccc2c(c1)OCCCO2. The van der Waals surface area contributed by atoms with Gasteiger partial charge in [-0.1, -0.05) is 11.6 Å². The summed E-state index contributed by atoms with van der Waals surface area (Å²) >= 11 is 5.91. The summed E-state index contributed by atoms with van der Waals surface area (Å²) in [6.45, 7) is 1.01. The number of carbonyl (C=O) groups is 1. The summed E-state index contributed by atoms with van der Waals surface area (Å²) < 4.78 is 12.4. The van der Waals surface area contributed by atoms with Crippen LogP contribution in [0.2, 0.25) is 5.02 Å². The lowest BCUT2D eigenvalue weighted by molar-refractivity contribution is -0.116. The van der Waals surface area contributed by atoms with Gasteiger partial charge in [0.2, 0.25) is 5.91 Å². The summed E-state index contributed by atoms with van der Waals surface area (Å²) in [6.07, 6.45) is 2.15. The maximum atomic E-state index is 12.5. The number of aromatic nitrogens is 2. The van der Waals surface area contributed by atoms with Crippen molar-refractivity contribution in [2.24, 2.45) is 0 Å². The van der Waals surface area contributed by atoms with Gasteiger partial charge < -0.3 is 14.8 Å². The lowest BCUT2D eigenvalue weighted by Gasteiger charge is -2.11. The number of rotatable bonds is 3. The molecule has 0 fully saturated rings. The molecule has 0 unspecified atom stereocenters. The Hall–Kier alpha value is -3.06. The average Bonchev–Trinajstić information content (AvgIpc) is 2.89. The van der Waals surface area contributed by atoms with Crippen LogP contribution in [0.1, 0.15) is 6.42 Å². The lowest BCUT2D eigenvalue weighted by atomic mass is 10.2. The number of hydrogen-bond acceptors (Lipinski definition) is 5. The molecule has 0 saturated carbocycles. The van der Waals surface area contributed by atoms with Gasteiger partial charge in [-0.15, -0.1) is 0 Å². The number of nitrogens with zero attached hydrogens (tertiary/aromatic N) is 2.